The lowest BCUT2D eigenvalue weighted by Crippen LogP contribution is -2.31. The van der Waals surface area contributed by atoms with Gasteiger partial charge in [-0.15, -0.1) is 0 Å². The number of hydrogen-bond donors (Lipinski definition) is 1. The molecule has 0 unspecified atom stereocenters. The lowest BCUT2D eigenvalue weighted by Gasteiger charge is -2.23. The summed E-state index contributed by atoms with van der Waals surface area (Å²) < 4.78 is 11.1. The van der Waals surface area contributed by atoms with Crippen LogP contribution in [0.3, 0.4) is 0 Å². The van der Waals surface area contributed by atoms with Gasteiger partial charge >= 0.3 is 0 Å². The fraction of sp³-hybridized carbons (Fsp3) is 0.571. The number of rotatable bonds is 8. The molecule has 17 heavy (non-hydrogen) atoms. The Labute approximate surface area is 104 Å². The van der Waals surface area contributed by atoms with Gasteiger partial charge in [-0.1, -0.05) is 32.0 Å². The molecule has 0 saturated heterocycles. The van der Waals surface area contributed by atoms with Crippen LogP contribution in [-0.4, -0.2) is 33.4 Å². The minimum Gasteiger partial charge on any atom is -0.491 e. The van der Waals surface area contributed by atoms with E-state index in [4.69, 9.17) is 9.47 Å². The Morgan fingerprint density at radius 1 is 1.12 bits per heavy atom. The Bertz CT molecular complexity index is 298. The van der Waals surface area contributed by atoms with Gasteiger partial charge in [0.25, 0.3) is 0 Å². The van der Waals surface area contributed by atoms with Crippen molar-refractivity contribution >= 4 is 0 Å². The maximum absolute atomic E-state index is 5.61. The van der Waals surface area contributed by atoms with Gasteiger partial charge in [-0.3, -0.25) is 0 Å². The van der Waals surface area contributed by atoms with Gasteiger partial charge < -0.3 is 14.8 Å². The van der Waals surface area contributed by atoms with Crippen molar-refractivity contribution in [3.63, 3.8) is 0 Å². The Balaban J connectivity index is 2.09. The van der Waals surface area contributed by atoms with Crippen molar-refractivity contribution in [3.05, 3.63) is 30.3 Å². The number of para-hydroxylation sites is 1. The number of nitrogens with one attached hydrogen (secondary N) is 1. The molecule has 96 valence electrons. The van der Waals surface area contributed by atoms with Gasteiger partial charge in [-0.2, -0.15) is 0 Å². The average Bonchev–Trinajstić information content (AvgIpc) is 2.30. The second-order valence-electron chi connectivity index (χ2n) is 4.91. The number of ether oxygens (including phenoxy) is 2. The highest BCUT2D eigenvalue weighted by atomic mass is 16.5. The van der Waals surface area contributed by atoms with Crippen LogP contribution in [0.5, 0.6) is 5.75 Å². The molecule has 1 aromatic carbocycles. The average molecular weight is 237 g/mol. The third-order valence-corrected chi connectivity index (χ3v) is 2.39. The van der Waals surface area contributed by atoms with Crippen LogP contribution in [0.1, 0.15) is 13.8 Å². The van der Waals surface area contributed by atoms with Crippen molar-refractivity contribution in [2.24, 2.45) is 5.41 Å². The van der Waals surface area contributed by atoms with Crippen LogP contribution >= 0.6 is 0 Å². The standard InChI is InChI=1S/C14H23NO2/c1-14(2,11-15-3)12-16-9-10-17-13-7-5-4-6-8-13/h4-8,15H,9-12H2,1-3H3. The highest BCUT2D eigenvalue weighted by Gasteiger charge is 2.16. The van der Waals surface area contributed by atoms with Crippen molar-refractivity contribution in [1.82, 2.24) is 5.32 Å². The zero-order chi connectivity index (χ0) is 12.6. The Morgan fingerprint density at radius 2 is 1.82 bits per heavy atom. The van der Waals surface area contributed by atoms with Gasteiger partial charge in [-0.05, 0) is 19.2 Å². The van der Waals surface area contributed by atoms with E-state index in [1.807, 2.05) is 37.4 Å². The van der Waals surface area contributed by atoms with Crippen LogP contribution in [0, 0.1) is 5.41 Å². The second kappa shape index (κ2) is 7.30. The molecule has 3 heteroatoms. The van der Waals surface area contributed by atoms with Gasteiger partial charge in [0.05, 0.1) is 13.2 Å². The van der Waals surface area contributed by atoms with Gasteiger partial charge in [0, 0.05) is 12.0 Å². The summed E-state index contributed by atoms with van der Waals surface area (Å²) in [6.07, 6.45) is 0. The quantitative estimate of drug-likeness (QED) is 0.704. The molecule has 1 N–H and O–H groups in total. The summed E-state index contributed by atoms with van der Waals surface area (Å²) in [6.45, 7) is 7.28. The van der Waals surface area contributed by atoms with Crippen molar-refractivity contribution in [2.45, 2.75) is 13.8 Å². The van der Waals surface area contributed by atoms with Crippen LogP contribution in [0.25, 0.3) is 0 Å². The summed E-state index contributed by atoms with van der Waals surface area (Å²) in [7, 11) is 1.96. The zero-order valence-corrected chi connectivity index (χ0v) is 11.0. The summed E-state index contributed by atoms with van der Waals surface area (Å²) in [4.78, 5) is 0. The maximum atomic E-state index is 5.61. The lowest BCUT2D eigenvalue weighted by atomic mass is 9.95. The molecule has 0 radical (unpaired) electrons. The molecule has 1 rings (SSSR count). The van der Waals surface area contributed by atoms with Crippen LogP contribution in [0.15, 0.2) is 30.3 Å². The van der Waals surface area contributed by atoms with Gasteiger partial charge in [0.15, 0.2) is 0 Å². The molecule has 0 aromatic heterocycles. The van der Waals surface area contributed by atoms with Gasteiger partial charge in [0.1, 0.15) is 12.4 Å². The summed E-state index contributed by atoms with van der Waals surface area (Å²) in [5.74, 6) is 0.894. The minimum atomic E-state index is 0.168. The Hall–Kier alpha value is -1.06. The smallest absolute Gasteiger partial charge is 0.119 e. The Kier molecular flexibility index (Phi) is 6.01. The largest absolute Gasteiger partial charge is 0.491 e. The molecule has 0 aliphatic carbocycles. The predicted molar refractivity (Wildman–Crippen MR) is 70.5 cm³/mol. The third-order valence-electron chi connectivity index (χ3n) is 2.39. The molecule has 0 amide bonds. The summed E-state index contributed by atoms with van der Waals surface area (Å²) in [5, 5.41) is 3.16. The molecule has 0 fully saturated rings. The lowest BCUT2D eigenvalue weighted by molar-refractivity contribution is 0.0449. The van der Waals surface area contributed by atoms with E-state index in [0.29, 0.717) is 13.2 Å². The first-order valence-corrected chi connectivity index (χ1v) is 6.04. The molecule has 1 aromatic rings. The molecular formula is C14H23NO2. The second-order valence-corrected chi connectivity index (χ2v) is 4.91. The molecule has 3 nitrogen and oxygen atoms in total. The SMILES string of the molecule is CNCC(C)(C)COCCOc1ccccc1. The number of benzene rings is 1. The fourth-order valence-electron chi connectivity index (χ4n) is 1.61. The fourth-order valence-corrected chi connectivity index (χ4v) is 1.61. The predicted octanol–water partition coefficient (Wildman–Crippen LogP) is 2.33. The topological polar surface area (TPSA) is 30.5 Å². The van der Waals surface area contributed by atoms with E-state index in [1.165, 1.54) is 0 Å². The zero-order valence-electron chi connectivity index (χ0n) is 11.0. The molecule has 0 saturated carbocycles. The molecule has 0 aliphatic heterocycles. The van der Waals surface area contributed by atoms with E-state index in [-0.39, 0.29) is 5.41 Å². The Morgan fingerprint density at radius 3 is 2.47 bits per heavy atom. The van der Waals surface area contributed by atoms with E-state index < -0.39 is 0 Å². The van der Waals surface area contributed by atoms with Crippen LogP contribution < -0.4 is 10.1 Å². The molecule has 0 atom stereocenters. The van der Waals surface area contributed by atoms with Gasteiger partial charge in [0.2, 0.25) is 0 Å². The first kappa shape index (κ1) is 14.0. The molecular weight excluding hydrogens is 214 g/mol. The van der Waals surface area contributed by atoms with Crippen LogP contribution in [-0.2, 0) is 4.74 Å². The van der Waals surface area contributed by atoms with Gasteiger partial charge in [-0.25, -0.2) is 0 Å². The van der Waals surface area contributed by atoms with Crippen molar-refractivity contribution in [3.8, 4) is 5.75 Å². The summed E-state index contributed by atoms with van der Waals surface area (Å²) >= 11 is 0. The van der Waals surface area contributed by atoms with E-state index in [9.17, 15) is 0 Å². The normalized spacial score (nSPS) is 11.5. The molecule has 0 heterocycles. The first-order chi connectivity index (χ1) is 8.14. The number of hydrogen-bond acceptors (Lipinski definition) is 3. The molecule has 0 bridgehead atoms. The van der Waals surface area contributed by atoms with E-state index in [2.05, 4.69) is 19.2 Å². The van der Waals surface area contributed by atoms with Crippen LogP contribution in [0.4, 0.5) is 0 Å². The summed E-state index contributed by atoms with van der Waals surface area (Å²) in [5.41, 5.74) is 0.168. The van der Waals surface area contributed by atoms with E-state index in [0.717, 1.165) is 18.9 Å². The maximum Gasteiger partial charge on any atom is 0.119 e. The van der Waals surface area contributed by atoms with Crippen molar-refractivity contribution in [2.75, 3.05) is 33.4 Å². The van der Waals surface area contributed by atoms with Crippen molar-refractivity contribution in [1.29, 1.82) is 0 Å². The highest BCUT2D eigenvalue weighted by molar-refractivity contribution is 5.20. The van der Waals surface area contributed by atoms with E-state index >= 15 is 0 Å². The first-order valence-electron chi connectivity index (χ1n) is 6.04. The summed E-state index contributed by atoms with van der Waals surface area (Å²) in [6, 6.07) is 9.80. The van der Waals surface area contributed by atoms with Crippen molar-refractivity contribution < 1.29 is 9.47 Å². The molecule has 0 spiro atoms. The van der Waals surface area contributed by atoms with Crippen LogP contribution in [0.2, 0.25) is 0 Å². The monoisotopic (exact) mass is 237 g/mol. The molecule has 0 aliphatic rings. The minimum absolute atomic E-state index is 0.168. The third kappa shape index (κ3) is 6.29. The highest BCUT2D eigenvalue weighted by Crippen LogP contribution is 2.13. The van der Waals surface area contributed by atoms with E-state index in [1.54, 1.807) is 0 Å².